The van der Waals surface area contributed by atoms with Gasteiger partial charge in [0.15, 0.2) is 0 Å². The number of hydrogen-bond acceptors (Lipinski definition) is 2. The average Bonchev–Trinajstić information content (AvgIpc) is 2.72. The molecule has 0 aliphatic heterocycles. The summed E-state index contributed by atoms with van der Waals surface area (Å²) in [7, 11) is 0. The van der Waals surface area contributed by atoms with Crippen LogP contribution in [0.2, 0.25) is 0 Å². The van der Waals surface area contributed by atoms with E-state index < -0.39 is 0 Å². The average molecular weight is 244 g/mol. The van der Waals surface area contributed by atoms with Gasteiger partial charge in [-0.15, -0.1) is 11.6 Å². The zero-order valence-electron chi connectivity index (χ0n) is 10.5. The zero-order valence-corrected chi connectivity index (χ0v) is 11.2. The summed E-state index contributed by atoms with van der Waals surface area (Å²) in [6.07, 6.45) is 3.09. The van der Waals surface area contributed by atoms with Crippen LogP contribution in [-0.4, -0.2) is 33.6 Å². The van der Waals surface area contributed by atoms with Crippen molar-refractivity contribution in [3.8, 4) is 0 Å². The van der Waals surface area contributed by atoms with Crippen LogP contribution in [-0.2, 0) is 6.54 Å². The summed E-state index contributed by atoms with van der Waals surface area (Å²) in [6, 6.07) is 2.54. The van der Waals surface area contributed by atoms with Gasteiger partial charge >= 0.3 is 0 Å². The molecule has 1 heterocycles. The Kier molecular flexibility index (Phi) is 5.85. The van der Waals surface area contributed by atoms with Gasteiger partial charge in [0, 0.05) is 24.7 Å². The summed E-state index contributed by atoms with van der Waals surface area (Å²) in [6.45, 7) is 9.48. The number of nitrogens with zero attached hydrogens (tertiary/aromatic N) is 3. The van der Waals surface area contributed by atoms with Crippen LogP contribution in [0.4, 0.5) is 0 Å². The minimum atomic E-state index is 0.437. The highest BCUT2D eigenvalue weighted by Gasteiger charge is 2.06. The van der Waals surface area contributed by atoms with Gasteiger partial charge in [-0.05, 0) is 39.4 Å². The van der Waals surface area contributed by atoms with E-state index in [9.17, 15) is 0 Å². The SMILES string of the molecule is CCN(CCCCl)Cc1ccn(C(C)C)n1. The summed E-state index contributed by atoms with van der Waals surface area (Å²) < 4.78 is 2.00. The van der Waals surface area contributed by atoms with E-state index in [0.717, 1.165) is 37.6 Å². The van der Waals surface area contributed by atoms with Crippen molar-refractivity contribution in [2.24, 2.45) is 0 Å². The molecule has 1 aromatic rings. The van der Waals surface area contributed by atoms with Crippen molar-refractivity contribution in [3.05, 3.63) is 18.0 Å². The molecule has 0 saturated carbocycles. The first-order valence-corrected chi connectivity index (χ1v) is 6.53. The highest BCUT2D eigenvalue weighted by molar-refractivity contribution is 6.17. The Balaban J connectivity index is 2.49. The van der Waals surface area contributed by atoms with E-state index in [4.69, 9.17) is 11.6 Å². The second-order valence-corrected chi connectivity index (χ2v) is 4.67. The van der Waals surface area contributed by atoms with Gasteiger partial charge in [-0.1, -0.05) is 6.92 Å². The molecule has 1 aromatic heterocycles. The van der Waals surface area contributed by atoms with Crippen LogP contribution in [0.1, 0.15) is 38.9 Å². The molecule has 0 amide bonds. The van der Waals surface area contributed by atoms with E-state index in [1.807, 2.05) is 4.68 Å². The van der Waals surface area contributed by atoms with Gasteiger partial charge in [-0.25, -0.2) is 0 Å². The van der Waals surface area contributed by atoms with Gasteiger partial charge in [0.05, 0.1) is 5.69 Å². The first-order chi connectivity index (χ1) is 7.67. The Morgan fingerprint density at radius 1 is 1.50 bits per heavy atom. The summed E-state index contributed by atoms with van der Waals surface area (Å²) in [4.78, 5) is 2.37. The van der Waals surface area contributed by atoms with Gasteiger partial charge in [-0.3, -0.25) is 9.58 Å². The van der Waals surface area contributed by atoms with Crippen molar-refractivity contribution in [2.45, 2.75) is 39.8 Å². The molecule has 16 heavy (non-hydrogen) atoms. The van der Waals surface area contributed by atoms with E-state index in [2.05, 4.69) is 43.0 Å². The van der Waals surface area contributed by atoms with Gasteiger partial charge in [0.1, 0.15) is 0 Å². The number of alkyl halides is 1. The molecular weight excluding hydrogens is 222 g/mol. The highest BCUT2D eigenvalue weighted by Crippen LogP contribution is 2.07. The largest absolute Gasteiger partial charge is 0.298 e. The van der Waals surface area contributed by atoms with Crippen LogP contribution < -0.4 is 0 Å². The number of aromatic nitrogens is 2. The molecule has 1 rings (SSSR count). The second-order valence-electron chi connectivity index (χ2n) is 4.29. The molecule has 3 nitrogen and oxygen atoms in total. The highest BCUT2D eigenvalue weighted by atomic mass is 35.5. The lowest BCUT2D eigenvalue weighted by Gasteiger charge is -2.18. The molecule has 0 aromatic carbocycles. The van der Waals surface area contributed by atoms with E-state index in [-0.39, 0.29) is 0 Å². The van der Waals surface area contributed by atoms with E-state index >= 15 is 0 Å². The predicted molar refractivity (Wildman–Crippen MR) is 68.9 cm³/mol. The lowest BCUT2D eigenvalue weighted by molar-refractivity contribution is 0.276. The molecule has 0 bridgehead atoms. The van der Waals surface area contributed by atoms with E-state index in [1.165, 1.54) is 0 Å². The van der Waals surface area contributed by atoms with Gasteiger partial charge in [0.25, 0.3) is 0 Å². The Hall–Kier alpha value is -0.540. The van der Waals surface area contributed by atoms with Gasteiger partial charge in [0.2, 0.25) is 0 Å². The maximum atomic E-state index is 5.70. The van der Waals surface area contributed by atoms with Crippen LogP contribution in [0.25, 0.3) is 0 Å². The standard InChI is InChI=1S/C12H22ClN3/c1-4-15(8-5-7-13)10-12-6-9-16(14-12)11(2)3/h6,9,11H,4-5,7-8,10H2,1-3H3. The molecule has 0 N–H and O–H groups in total. The Morgan fingerprint density at radius 3 is 2.75 bits per heavy atom. The third-order valence-electron chi connectivity index (χ3n) is 2.63. The molecule has 0 fully saturated rings. The fraction of sp³-hybridized carbons (Fsp3) is 0.750. The molecule has 0 radical (unpaired) electrons. The van der Waals surface area contributed by atoms with E-state index in [1.54, 1.807) is 0 Å². The molecular formula is C12H22ClN3. The van der Waals surface area contributed by atoms with Crippen LogP contribution >= 0.6 is 11.6 Å². The van der Waals surface area contributed by atoms with Crippen LogP contribution in [0.15, 0.2) is 12.3 Å². The van der Waals surface area contributed by atoms with Crippen LogP contribution in [0, 0.1) is 0 Å². The number of halogens is 1. The monoisotopic (exact) mass is 243 g/mol. The number of hydrogen-bond donors (Lipinski definition) is 0. The molecule has 92 valence electrons. The summed E-state index contributed by atoms with van der Waals surface area (Å²) in [5.41, 5.74) is 1.14. The lowest BCUT2D eigenvalue weighted by Crippen LogP contribution is -2.24. The zero-order chi connectivity index (χ0) is 12.0. The van der Waals surface area contributed by atoms with Gasteiger partial charge < -0.3 is 0 Å². The minimum Gasteiger partial charge on any atom is -0.298 e. The van der Waals surface area contributed by atoms with E-state index in [0.29, 0.717) is 6.04 Å². The fourth-order valence-electron chi connectivity index (χ4n) is 1.61. The smallest absolute Gasteiger partial charge is 0.0764 e. The molecule has 0 aliphatic rings. The summed E-state index contributed by atoms with van der Waals surface area (Å²) in [5, 5.41) is 4.55. The number of rotatable bonds is 7. The summed E-state index contributed by atoms with van der Waals surface area (Å²) >= 11 is 5.70. The molecule has 4 heteroatoms. The van der Waals surface area contributed by atoms with Crippen LogP contribution in [0.5, 0.6) is 0 Å². The molecule has 0 unspecified atom stereocenters. The van der Waals surface area contributed by atoms with Gasteiger partial charge in [-0.2, -0.15) is 5.10 Å². The van der Waals surface area contributed by atoms with Crippen molar-refractivity contribution in [1.82, 2.24) is 14.7 Å². The lowest BCUT2D eigenvalue weighted by atomic mass is 10.3. The first-order valence-electron chi connectivity index (χ1n) is 5.99. The van der Waals surface area contributed by atoms with Crippen molar-refractivity contribution in [1.29, 1.82) is 0 Å². The maximum Gasteiger partial charge on any atom is 0.0764 e. The van der Waals surface area contributed by atoms with Crippen LogP contribution in [0.3, 0.4) is 0 Å². The minimum absolute atomic E-state index is 0.437. The third-order valence-corrected chi connectivity index (χ3v) is 2.90. The quantitative estimate of drug-likeness (QED) is 0.687. The van der Waals surface area contributed by atoms with Crippen molar-refractivity contribution < 1.29 is 0 Å². The van der Waals surface area contributed by atoms with Crippen molar-refractivity contribution in [2.75, 3.05) is 19.0 Å². The summed E-state index contributed by atoms with van der Waals surface area (Å²) in [5.74, 6) is 0.733. The maximum absolute atomic E-state index is 5.70. The fourth-order valence-corrected chi connectivity index (χ4v) is 1.73. The topological polar surface area (TPSA) is 21.1 Å². The Labute approximate surface area is 103 Å². The van der Waals surface area contributed by atoms with Crippen molar-refractivity contribution in [3.63, 3.8) is 0 Å². The Morgan fingerprint density at radius 2 is 2.25 bits per heavy atom. The molecule has 0 saturated heterocycles. The molecule has 0 aliphatic carbocycles. The molecule has 0 spiro atoms. The second kappa shape index (κ2) is 6.92. The normalized spacial score (nSPS) is 11.6. The Bertz CT molecular complexity index is 296. The molecule has 0 atom stereocenters. The van der Waals surface area contributed by atoms with Crippen molar-refractivity contribution >= 4 is 11.6 Å². The first kappa shape index (κ1) is 13.5. The predicted octanol–water partition coefficient (Wildman–Crippen LogP) is 2.91. The third kappa shape index (κ3) is 4.14.